The molecule has 1 aromatic heterocycles. The first-order valence-electron chi connectivity index (χ1n) is 6.87. The number of thiophene rings is 1. The lowest BCUT2D eigenvalue weighted by molar-refractivity contribution is 0.0998. The zero-order valence-electron chi connectivity index (χ0n) is 11.1. The van der Waals surface area contributed by atoms with E-state index in [9.17, 15) is 5.11 Å². The molecule has 0 amide bonds. The monoisotopic (exact) mass is 268 g/mol. The van der Waals surface area contributed by atoms with Crippen LogP contribution in [0.4, 0.5) is 0 Å². The average Bonchev–Trinajstić information content (AvgIpc) is 2.84. The Morgan fingerprint density at radius 1 is 1.50 bits per heavy atom. The molecular weight excluding hydrogens is 244 g/mol. The SMILES string of the molecule is C[C@H](O)CN1CCC(CNCc2cccs2)CC1. The molecule has 2 rings (SSSR count). The first-order valence-corrected chi connectivity index (χ1v) is 7.75. The van der Waals surface area contributed by atoms with E-state index in [0.29, 0.717) is 0 Å². The van der Waals surface area contributed by atoms with Gasteiger partial charge in [0.15, 0.2) is 0 Å². The summed E-state index contributed by atoms with van der Waals surface area (Å²) >= 11 is 1.82. The van der Waals surface area contributed by atoms with Gasteiger partial charge in [0, 0.05) is 18.0 Å². The van der Waals surface area contributed by atoms with Gasteiger partial charge in [-0.15, -0.1) is 11.3 Å². The van der Waals surface area contributed by atoms with Gasteiger partial charge in [-0.05, 0) is 56.8 Å². The van der Waals surface area contributed by atoms with Crippen molar-refractivity contribution in [2.75, 3.05) is 26.2 Å². The molecule has 0 aromatic carbocycles. The van der Waals surface area contributed by atoms with Crippen LogP contribution < -0.4 is 5.32 Å². The molecule has 2 heterocycles. The van der Waals surface area contributed by atoms with Gasteiger partial charge in [-0.2, -0.15) is 0 Å². The number of likely N-dealkylation sites (tertiary alicyclic amines) is 1. The third kappa shape index (κ3) is 4.69. The highest BCUT2D eigenvalue weighted by atomic mass is 32.1. The minimum atomic E-state index is -0.196. The van der Waals surface area contributed by atoms with Crippen molar-refractivity contribution < 1.29 is 5.11 Å². The van der Waals surface area contributed by atoms with Crippen molar-refractivity contribution in [1.29, 1.82) is 0 Å². The number of β-amino-alcohol motifs (C(OH)–C–C–N with tert-alkyl or cyclic N) is 1. The normalized spacial score (nSPS) is 20.1. The quantitative estimate of drug-likeness (QED) is 0.827. The van der Waals surface area contributed by atoms with Crippen LogP contribution in [0.3, 0.4) is 0 Å². The van der Waals surface area contributed by atoms with E-state index in [1.807, 2.05) is 18.3 Å². The molecule has 1 aliphatic rings. The maximum atomic E-state index is 9.36. The van der Waals surface area contributed by atoms with Gasteiger partial charge in [-0.1, -0.05) is 6.07 Å². The minimum absolute atomic E-state index is 0.196. The number of hydrogen-bond donors (Lipinski definition) is 2. The van der Waals surface area contributed by atoms with Crippen molar-refractivity contribution in [3.8, 4) is 0 Å². The smallest absolute Gasteiger partial charge is 0.0639 e. The molecule has 1 fully saturated rings. The maximum absolute atomic E-state index is 9.36. The lowest BCUT2D eigenvalue weighted by atomic mass is 9.96. The van der Waals surface area contributed by atoms with E-state index >= 15 is 0 Å². The summed E-state index contributed by atoms with van der Waals surface area (Å²) in [5, 5.41) is 15.1. The topological polar surface area (TPSA) is 35.5 Å². The van der Waals surface area contributed by atoms with Gasteiger partial charge < -0.3 is 15.3 Å². The van der Waals surface area contributed by atoms with E-state index in [1.165, 1.54) is 17.7 Å². The Balaban J connectivity index is 1.59. The second-order valence-electron chi connectivity index (χ2n) is 5.30. The minimum Gasteiger partial charge on any atom is -0.392 e. The highest BCUT2D eigenvalue weighted by molar-refractivity contribution is 7.09. The third-order valence-corrected chi connectivity index (χ3v) is 4.42. The number of piperidine rings is 1. The van der Waals surface area contributed by atoms with Gasteiger partial charge in [0.05, 0.1) is 6.10 Å². The molecular formula is C14H24N2OS. The number of rotatable bonds is 6. The Morgan fingerprint density at radius 3 is 2.89 bits per heavy atom. The molecule has 0 bridgehead atoms. The molecule has 0 aliphatic carbocycles. The molecule has 0 saturated carbocycles. The van der Waals surface area contributed by atoms with Crippen molar-refractivity contribution in [2.45, 2.75) is 32.4 Å². The number of nitrogens with zero attached hydrogens (tertiary/aromatic N) is 1. The molecule has 1 aromatic rings. The van der Waals surface area contributed by atoms with Gasteiger partial charge in [0.1, 0.15) is 0 Å². The summed E-state index contributed by atoms with van der Waals surface area (Å²) in [6, 6.07) is 4.29. The van der Waals surface area contributed by atoms with Gasteiger partial charge in [-0.25, -0.2) is 0 Å². The van der Waals surface area contributed by atoms with Gasteiger partial charge in [0.25, 0.3) is 0 Å². The van der Waals surface area contributed by atoms with Gasteiger partial charge in [0.2, 0.25) is 0 Å². The molecule has 1 aliphatic heterocycles. The fourth-order valence-electron chi connectivity index (χ4n) is 2.56. The van der Waals surface area contributed by atoms with E-state index < -0.39 is 0 Å². The summed E-state index contributed by atoms with van der Waals surface area (Å²) in [6.07, 6.45) is 2.31. The molecule has 18 heavy (non-hydrogen) atoms. The first kappa shape index (κ1) is 14.0. The fraction of sp³-hybridized carbons (Fsp3) is 0.714. The summed E-state index contributed by atoms with van der Waals surface area (Å²) in [6.45, 7) is 7.10. The predicted molar refractivity (Wildman–Crippen MR) is 76.9 cm³/mol. The van der Waals surface area contributed by atoms with Crippen LogP contribution in [-0.4, -0.2) is 42.3 Å². The Morgan fingerprint density at radius 2 is 2.28 bits per heavy atom. The largest absolute Gasteiger partial charge is 0.392 e. The molecule has 0 radical (unpaired) electrons. The molecule has 3 nitrogen and oxygen atoms in total. The van der Waals surface area contributed by atoms with Crippen LogP contribution in [-0.2, 0) is 6.54 Å². The molecule has 0 spiro atoms. The summed E-state index contributed by atoms with van der Waals surface area (Å²) in [5.41, 5.74) is 0. The molecule has 2 N–H and O–H groups in total. The highest BCUT2D eigenvalue weighted by Crippen LogP contribution is 2.17. The zero-order valence-corrected chi connectivity index (χ0v) is 12.0. The summed E-state index contributed by atoms with van der Waals surface area (Å²) in [5.74, 6) is 0.801. The van der Waals surface area contributed by atoms with Crippen LogP contribution in [0.2, 0.25) is 0 Å². The van der Waals surface area contributed by atoms with Crippen LogP contribution >= 0.6 is 11.3 Å². The van der Waals surface area contributed by atoms with Gasteiger partial charge in [-0.3, -0.25) is 0 Å². The van der Waals surface area contributed by atoms with Crippen LogP contribution in [0.15, 0.2) is 17.5 Å². The second kappa shape index (κ2) is 7.24. The van der Waals surface area contributed by atoms with E-state index in [4.69, 9.17) is 0 Å². The summed E-state index contributed by atoms with van der Waals surface area (Å²) in [7, 11) is 0. The Labute approximate surface area is 114 Å². The van der Waals surface area contributed by atoms with Crippen molar-refractivity contribution in [1.82, 2.24) is 10.2 Å². The zero-order chi connectivity index (χ0) is 12.8. The van der Waals surface area contributed by atoms with Crippen molar-refractivity contribution >= 4 is 11.3 Å². The lowest BCUT2D eigenvalue weighted by Crippen LogP contribution is -2.40. The highest BCUT2D eigenvalue weighted by Gasteiger charge is 2.19. The number of hydrogen-bond acceptors (Lipinski definition) is 4. The molecule has 1 saturated heterocycles. The standard InChI is InChI=1S/C14H24N2OS/c1-12(17)11-16-6-4-13(5-7-16)9-15-10-14-3-2-8-18-14/h2-3,8,12-13,15,17H,4-7,9-11H2,1H3/t12-/m0/s1. The van der Waals surface area contributed by atoms with E-state index in [2.05, 4.69) is 27.7 Å². The lowest BCUT2D eigenvalue weighted by Gasteiger charge is -2.32. The second-order valence-corrected chi connectivity index (χ2v) is 6.34. The number of aliphatic hydroxyl groups is 1. The third-order valence-electron chi connectivity index (χ3n) is 3.54. The molecule has 4 heteroatoms. The average molecular weight is 268 g/mol. The number of nitrogens with one attached hydrogen (secondary N) is 1. The predicted octanol–water partition coefficient (Wildman–Crippen LogP) is 1.93. The van der Waals surface area contributed by atoms with Crippen LogP contribution in [0.5, 0.6) is 0 Å². The molecule has 1 atom stereocenters. The Hall–Kier alpha value is -0.420. The van der Waals surface area contributed by atoms with Crippen LogP contribution in [0, 0.1) is 5.92 Å². The molecule has 0 unspecified atom stereocenters. The Kier molecular flexibility index (Phi) is 5.63. The fourth-order valence-corrected chi connectivity index (χ4v) is 3.23. The van der Waals surface area contributed by atoms with Gasteiger partial charge >= 0.3 is 0 Å². The van der Waals surface area contributed by atoms with E-state index in [0.717, 1.165) is 38.6 Å². The van der Waals surface area contributed by atoms with E-state index in [1.54, 1.807) is 0 Å². The van der Waals surface area contributed by atoms with Crippen molar-refractivity contribution in [3.63, 3.8) is 0 Å². The van der Waals surface area contributed by atoms with Crippen LogP contribution in [0.25, 0.3) is 0 Å². The first-order chi connectivity index (χ1) is 8.74. The maximum Gasteiger partial charge on any atom is 0.0639 e. The summed E-state index contributed by atoms with van der Waals surface area (Å²) in [4.78, 5) is 3.79. The number of aliphatic hydroxyl groups excluding tert-OH is 1. The van der Waals surface area contributed by atoms with Crippen molar-refractivity contribution in [2.24, 2.45) is 5.92 Å². The molecule has 102 valence electrons. The van der Waals surface area contributed by atoms with E-state index in [-0.39, 0.29) is 6.10 Å². The van der Waals surface area contributed by atoms with Crippen molar-refractivity contribution in [3.05, 3.63) is 22.4 Å². The Bertz CT molecular complexity index is 319. The summed E-state index contributed by atoms with van der Waals surface area (Å²) < 4.78 is 0. The van der Waals surface area contributed by atoms with Crippen LogP contribution in [0.1, 0.15) is 24.6 Å².